The molecule has 2 aromatic carbocycles. The standard InChI is InChI=1S/C28H34N6O2/c1-19-14-16-22(17-15-19)34-21(3)26-20(2)31-33(28(36)27(26)32-34)18-10-6-4-5-7-13-25(35)30-24-12-9-8-11-23(24)29/h8-9,11-12,14-17H,4-7,10,13,18,29H2,1-3H3,(H,30,35). The van der Waals surface area contributed by atoms with Crippen LogP contribution in [0.15, 0.2) is 53.3 Å². The van der Waals surface area contributed by atoms with Gasteiger partial charge in [0, 0.05) is 13.0 Å². The lowest BCUT2D eigenvalue weighted by molar-refractivity contribution is -0.116. The molecule has 188 valence electrons. The van der Waals surface area contributed by atoms with Crippen LogP contribution < -0.4 is 16.6 Å². The number of aromatic nitrogens is 4. The summed E-state index contributed by atoms with van der Waals surface area (Å²) in [4.78, 5) is 25.2. The van der Waals surface area contributed by atoms with Crippen molar-refractivity contribution in [3.8, 4) is 5.69 Å². The van der Waals surface area contributed by atoms with E-state index in [1.165, 1.54) is 5.56 Å². The van der Waals surface area contributed by atoms with Gasteiger partial charge in [-0.05, 0) is 57.9 Å². The molecule has 0 saturated carbocycles. The van der Waals surface area contributed by atoms with E-state index < -0.39 is 0 Å². The molecule has 0 saturated heterocycles. The van der Waals surface area contributed by atoms with Crippen LogP contribution >= 0.6 is 0 Å². The van der Waals surface area contributed by atoms with Gasteiger partial charge < -0.3 is 11.1 Å². The minimum atomic E-state index is -0.151. The number of nitrogens with two attached hydrogens (primary N) is 1. The molecule has 1 amide bonds. The van der Waals surface area contributed by atoms with Gasteiger partial charge in [0.2, 0.25) is 5.91 Å². The number of rotatable bonds is 10. The number of carbonyl (C=O) groups excluding carboxylic acids is 1. The molecule has 2 aromatic heterocycles. The van der Waals surface area contributed by atoms with Gasteiger partial charge in [-0.1, -0.05) is 49.1 Å². The number of unbranched alkanes of at least 4 members (excludes halogenated alkanes) is 4. The molecule has 0 bridgehead atoms. The third-order valence-electron chi connectivity index (χ3n) is 6.47. The lowest BCUT2D eigenvalue weighted by Gasteiger charge is -2.08. The van der Waals surface area contributed by atoms with Crippen LogP contribution in [0.3, 0.4) is 0 Å². The number of hydrogen-bond acceptors (Lipinski definition) is 5. The number of nitrogens with zero attached hydrogens (tertiary/aromatic N) is 4. The first-order valence-corrected chi connectivity index (χ1v) is 12.5. The molecule has 4 rings (SSSR count). The van der Waals surface area contributed by atoms with Crippen LogP contribution in [-0.2, 0) is 11.3 Å². The van der Waals surface area contributed by atoms with Crippen molar-refractivity contribution in [1.82, 2.24) is 19.6 Å². The van der Waals surface area contributed by atoms with E-state index in [2.05, 4.69) is 15.5 Å². The molecule has 2 heterocycles. The van der Waals surface area contributed by atoms with Crippen molar-refractivity contribution >= 4 is 28.2 Å². The van der Waals surface area contributed by atoms with E-state index in [4.69, 9.17) is 5.73 Å². The van der Waals surface area contributed by atoms with Gasteiger partial charge in [-0.25, -0.2) is 9.36 Å². The summed E-state index contributed by atoms with van der Waals surface area (Å²) < 4.78 is 3.37. The zero-order chi connectivity index (χ0) is 25.7. The van der Waals surface area contributed by atoms with Crippen LogP contribution in [0, 0.1) is 20.8 Å². The van der Waals surface area contributed by atoms with Crippen LogP contribution in [0.2, 0.25) is 0 Å². The van der Waals surface area contributed by atoms with Crippen LogP contribution in [0.1, 0.15) is 55.5 Å². The van der Waals surface area contributed by atoms with Crippen LogP contribution in [0.25, 0.3) is 16.6 Å². The molecule has 0 aliphatic carbocycles. The number of nitrogen functional groups attached to an aromatic ring is 1. The number of benzene rings is 2. The van der Waals surface area contributed by atoms with E-state index in [1.807, 2.05) is 61.9 Å². The van der Waals surface area contributed by atoms with Crippen LogP contribution in [-0.4, -0.2) is 25.5 Å². The van der Waals surface area contributed by atoms with E-state index in [0.29, 0.717) is 29.9 Å². The first kappa shape index (κ1) is 25.2. The van der Waals surface area contributed by atoms with Crippen molar-refractivity contribution in [2.45, 2.75) is 65.8 Å². The molecular weight excluding hydrogens is 452 g/mol. The number of carbonyl (C=O) groups is 1. The largest absolute Gasteiger partial charge is 0.397 e. The summed E-state index contributed by atoms with van der Waals surface area (Å²) in [5, 5.41) is 12.9. The fourth-order valence-corrected chi connectivity index (χ4v) is 4.47. The Kier molecular flexibility index (Phi) is 7.83. The van der Waals surface area contributed by atoms with Crippen molar-refractivity contribution in [3.05, 3.63) is 75.8 Å². The molecule has 0 aliphatic heterocycles. The van der Waals surface area contributed by atoms with Gasteiger partial charge in [0.1, 0.15) is 0 Å². The molecule has 36 heavy (non-hydrogen) atoms. The molecule has 0 aliphatic rings. The number of hydrogen-bond donors (Lipinski definition) is 2. The summed E-state index contributed by atoms with van der Waals surface area (Å²) in [6, 6.07) is 15.4. The Morgan fingerprint density at radius 2 is 1.61 bits per heavy atom. The van der Waals surface area contributed by atoms with Crippen LogP contribution in [0.4, 0.5) is 11.4 Å². The van der Waals surface area contributed by atoms with Gasteiger partial charge in [0.15, 0.2) is 5.52 Å². The molecule has 0 radical (unpaired) electrons. The van der Waals surface area contributed by atoms with Crippen molar-refractivity contribution < 1.29 is 4.79 Å². The second-order valence-corrected chi connectivity index (χ2v) is 9.32. The Labute approximate surface area is 211 Å². The van der Waals surface area contributed by atoms with E-state index in [9.17, 15) is 9.59 Å². The van der Waals surface area contributed by atoms with Crippen molar-refractivity contribution in [1.29, 1.82) is 0 Å². The van der Waals surface area contributed by atoms with E-state index >= 15 is 0 Å². The Bertz CT molecular complexity index is 1420. The zero-order valence-corrected chi connectivity index (χ0v) is 21.3. The van der Waals surface area contributed by atoms with E-state index in [1.54, 1.807) is 16.8 Å². The number of fused-ring (bicyclic) bond motifs is 1. The van der Waals surface area contributed by atoms with Gasteiger partial charge in [-0.15, -0.1) is 0 Å². The summed E-state index contributed by atoms with van der Waals surface area (Å²) >= 11 is 0. The minimum absolute atomic E-state index is 0.0206. The summed E-state index contributed by atoms with van der Waals surface area (Å²) in [5.74, 6) is -0.0206. The highest BCUT2D eigenvalue weighted by molar-refractivity contribution is 5.93. The molecule has 8 nitrogen and oxygen atoms in total. The first-order chi connectivity index (χ1) is 17.3. The topological polar surface area (TPSA) is 108 Å². The quantitative estimate of drug-likeness (QED) is 0.240. The first-order valence-electron chi connectivity index (χ1n) is 12.5. The zero-order valence-electron chi connectivity index (χ0n) is 21.3. The highest BCUT2D eigenvalue weighted by Gasteiger charge is 2.17. The molecule has 0 atom stereocenters. The SMILES string of the molecule is Cc1ccc(-n2nc3c(=O)n(CCCCCCCC(=O)Nc4ccccc4N)nc(C)c3c2C)cc1. The highest BCUT2D eigenvalue weighted by atomic mass is 16.1. The summed E-state index contributed by atoms with van der Waals surface area (Å²) in [5.41, 5.74) is 11.2. The Balaban J connectivity index is 1.29. The average Bonchev–Trinajstić information content (AvgIpc) is 3.21. The fourth-order valence-electron chi connectivity index (χ4n) is 4.47. The monoisotopic (exact) mass is 486 g/mol. The molecule has 0 fully saturated rings. The fraction of sp³-hybridized carbons (Fsp3) is 0.357. The molecule has 8 heteroatoms. The predicted molar refractivity (Wildman–Crippen MR) is 145 cm³/mol. The number of aryl methyl sites for hydroxylation is 4. The Morgan fingerprint density at radius 3 is 2.36 bits per heavy atom. The Morgan fingerprint density at radius 1 is 0.917 bits per heavy atom. The van der Waals surface area contributed by atoms with Gasteiger partial charge in [-0.3, -0.25) is 9.59 Å². The van der Waals surface area contributed by atoms with Gasteiger partial charge in [-0.2, -0.15) is 10.2 Å². The lowest BCUT2D eigenvalue weighted by Crippen LogP contribution is -2.24. The lowest BCUT2D eigenvalue weighted by atomic mass is 10.1. The number of amides is 1. The normalized spacial score (nSPS) is 11.2. The van der Waals surface area contributed by atoms with Crippen molar-refractivity contribution in [3.63, 3.8) is 0 Å². The maximum absolute atomic E-state index is 13.1. The Hall–Kier alpha value is -3.94. The predicted octanol–water partition coefficient (Wildman–Crippen LogP) is 5.07. The van der Waals surface area contributed by atoms with Gasteiger partial charge in [0.25, 0.3) is 5.56 Å². The maximum atomic E-state index is 13.1. The third-order valence-corrected chi connectivity index (χ3v) is 6.47. The second-order valence-electron chi connectivity index (χ2n) is 9.32. The minimum Gasteiger partial charge on any atom is -0.397 e. The summed E-state index contributed by atoms with van der Waals surface area (Å²) in [7, 11) is 0. The van der Waals surface area contributed by atoms with Crippen molar-refractivity contribution in [2.24, 2.45) is 0 Å². The number of nitrogens with one attached hydrogen (secondary N) is 1. The van der Waals surface area contributed by atoms with Crippen molar-refractivity contribution in [2.75, 3.05) is 11.1 Å². The van der Waals surface area contributed by atoms with E-state index in [0.717, 1.165) is 54.6 Å². The maximum Gasteiger partial charge on any atom is 0.295 e. The second kappa shape index (κ2) is 11.2. The molecule has 0 spiro atoms. The average molecular weight is 487 g/mol. The van der Waals surface area contributed by atoms with E-state index in [-0.39, 0.29) is 11.5 Å². The molecule has 4 aromatic rings. The third kappa shape index (κ3) is 5.64. The van der Waals surface area contributed by atoms with Crippen LogP contribution in [0.5, 0.6) is 0 Å². The number of para-hydroxylation sites is 2. The molecular formula is C28H34N6O2. The van der Waals surface area contributed by atoms with Gasteiger partial charge in [0.05, 0.1) is 33.8 Å². The summed E-state index contributed by atoms with van der Waals surface area (Å²) in [6.07, 6.45) is 5.05. The molecule has 0 unspecified atom stereocenters. The number of anilines is 2. The molecule has 3 N–H and O–H groups in total. The summed E-state index contributed by atoms with van der Waals surface area (Å²) in [6.45, 7) is 6.51. The van der Waals surface area contributed by atoms with Gasteiger partial charge >= 0.3 is 0 Å². The smallest absolute Gasteiger partial charge is 0.295 e. The highest BCUT2D eigenvalue weighted by Crippen LogP contribution is 2.22.